The van der Waals surface area contributed by atoms with E-state index in [4.69, 9.17) is 0 Å². The highest BCUT2D eigenvalue weighted by Gasteiger charge is 2.36. The maximum Gasteiger partial charge on any atom is 0.225 e. The molecule has 0 spiro atoms. The first-order valence-corrected chi connectivity index (χ1v) is 7.51. The molecule has 2 aliphatic rings. The number of likely N-dealkylation sites (tertiary alicyclic amines) is 1. The number of rotatable bonds is 3. The molecule has 3 heterocycles. The van der Waals surface area contributed by atoms with Gasteiger partial charge in [-0.3, -0.25) is 9.78 Å². The molecule has 0 aromatic carbocycles. The second-order valence-electron chi connectivity index (χ2n) is 6.14. The van der Waals surface area contributed by atoms with Gasteiger partial charge in [0.1, 0.15) is 0 Å². The standard InChI is InChI=1S/C16H19N3O/c20-16(13-2-1-3-13)19-9-11(10-19)8-14-15-12(4-6-17-14)5-7-18-15/h4-7,11,13,18H,1-3,8-10H2. The number of pyridine rings is 1. The van der Waals surface area contributed by atoms with Gasteiger partial charge >= 0.3 is 0 Å². The number of carbonyl (C=O) groups excluding carboxylic acids is 1. The Morgan fingerprint density at radius 1 is 1.35 bits per heavy atom. The van der Waals surface area contributed by atoms with E-state index >= 15 is 0 Å². The molecule has 1 aliphatic carbocycles. The second kappa shape index (κ2) is 4.62. The van der Waals surface area contributed by atoms with Crippen LogP contribution in [0.15, 0.2) is 24.5 Å². The number of nitrogens with one attached hydrogen (secondary N) is 1. The third-order valence-electron chi connectivity index (χ3n) is 4.76. The first-order valence-electron chi connectivity index (χ1n) is 7.51. The molecule has 1 saturated heterocycles. The van der Waals surface area contributed by atoms with Crippen LogP contribution >= 0.6 is 0 Å². The summed E-state index contributed by atoms with van der Waals surface area (Å²) in [7, 11) is 0. The van der Waals surface area contributed by atoms with Gasteiger partial charge in [0.2, 0.25) is 5.91 Å². The SMILES string of the molecule is O=C(C1CCC1)N1CC(Cc2nccc3cc[nH]c23)C1. The molecule has 1 saturated carbocycles. The Bertz CT molecular complexity index is 638. The lowest BCUT2D eigenvalue weighted by Crippen LogP contribution is -2.53. The largest absolute Gasteiger partial charge is 0.360 e. The Balaban J connectivity index is 1.39. The quantitative estimate of drug-likeness (QED) is 0.930. The van der Waals surface area contributed by atoms with Crippen molar-refractivity contribution in [1.29, 1.82) is 0 Å². The Morgan fingerprint density at radius 3 is 2.95 bits per heavy atom. The van der Waals surface area contributed by atoms with Crippen LogP contribution in [0.5, 0.6) is 0 Å². The van der Waals surface area contributed by atoms with Gasteiger partial charge in [-0.15, -0.1) is 0 Å². The highest BCUT2D eigenvalue weighted by atomic mass is 16.2. The lowest BCUT2D eigenvalue weighted by atomic mass is 9.82. The van der Waals surface area contributed by atoms with Crippen LogP contribution in [-0.4, -0.2) is 33.9 Å². The number of aromatic nitrogens is 2. The molecule has 2 aromatic heterocycles. The van der Waals surface area contributed by atoms with Gasteiger partial charge in [0, 0.05) is 36.8 Å². The summed E-state index contributed by atoms with van der Waals surface area (Å²) in [6, 6.07) is 4.11. The number of aromatic amines is 1. The fourth-order valence-electron chi connectivity index (χ4n) is 3.26. The molecule has 4 nitrogen and oxygen atoms in total. The van der Waals surface area contributed by atoms with Crippen LogP contribution < -0.4 is 0 Å². The van der Waals surface area contributed by atoms with E-state index in [9.17, 15) is 4.79 Å². The summed E-state index contributed by atoms with van der Waals surface area (Å²) in [5.74, 6) is 1.29. The van der Waals surface area contributed by atoms with E-state index in [1.54, 1.807) is 0 Å². The zero-order valence-electron chi connectivity index (χ0n) is 11.5. The molecule has 0 unspecified atom stereocenters. The molecular formula is C16H19N3O. The lowest BCUT2D eigenvalue weighted by Gasteiger charge is -2.42. The van der Waals surface area contributed by atoms with Crippen molar-refractivity contribution >= 4 is 16.8 Å². The Kier molecular flexibility index (Phi) is 2.76. The fraction of sp³-hybridized carbons (Fsp3) is 0.500. The van der Waals surface area contributed by atoms with Crippen LogP contribution in [0.4, 0.5) is 0 Å². The van der Waals surface area contributed by atoms with E-state index in [1.165, 1.54) is 11.8 Å². The summed E-state index contributed by atoms with van der Waals surface area (Å²) in [4.78, 5) is 21.9. The third kappa shape index (κ3) is 1.90. The molecule has 1 N–H and O–H groups in total. The number of fused-ring (bicyclic) bond motifs is 1. The highest BCUT2D eigenvalue weighted by molar-refractivity contribution is 5.81. The monoisotopic (exact) mass is 269 g/mol. The van der Waals surface area contributed by atoms with Gasteiger partial charge in [-0.2, -0.15) is 0 Å². The maximum atomic E-state index is 12.1. The van der Waals surface area contributed by atoms with Crippen LogP contribution in [0.3, 0.4) is 0 Å². The minimum atomic E-state index is 0.334. The third-order valence-corrected chi connectivity index (χ3v) is 4.76. The molecule has 20 heavy (non-hydrogen) atoms. The van der Waals surface area contributed by atoms with E-state index in [1.807, 2.05) is 23.4 Å². The molecule has 104 valence electrons. The number of nitrogens with zero attached hydrogens (tertiary/aromatic N) is 2. The smallest absolute Gasteiger partial charge is 0.225 e. The normalized spacial score (nSPS) is 19.9. The van der Waals surface area contributed by atoms with Gasteiger partial charge in [-0.05, 0) is 37.3 Å². The van der Waals surface area contributed by atoms with Gasteiger partial charge in [0.25, 0.3) is 0 Å². The second-order valence-corrected chi connectivity index (χ2v) is 6.14. The van der Waals surface area contributed by atoms with Crippen LogP contribution in [-0.2, 0) is 11.2 Å². The lowest BCUT2D eigenvalue weighted by molar-refractivity contribution is -0.144. The predicted octanol–water partition coefficient (Wildman–Crippen LogP) is 2.36. The number of hydrogen-bond acceptors (Lipinski definition) is 2. The van der Waals surface area contributed by atoms with Crippen LogP contribution in [0.1, 0.15) is 25.0 Å². The molecule has 2 aromatic rings. The topological polar surface area (TPSA) is 49.0 Å². The average molecular weight is 269 g/mol. The van der Waals surface area contributed by atoms with Crippen LogP contribution in [0.2, 0.25) is 0 Å². The molecule has 2 fully saturated rings. The molecule has 1 aliphatic heterocycles. The van der Waals surface area contributed by atoms with Crippen molar-refractivity contribution in [3.63, 3.8) is 0 Å². The van der Waals surface area contributed by atoms with E-state index in [2.05, 4.69) is 16.0 Å². The average Bonchev–Trinajstić information content (AvgIpc) is 2.79. The van der Waals surface area contributed by atoms with E-state index < -0.39 is 0 Å². The van der Waals surface area contributed by atoms with Gasteiger partial charge in [-0.1, -0.05) is 6.42 Å². The molecule has 0 bridgehead atoms. The van der Waals surface area contributed by atoms with E-state index in [0.717, 1.165) is 43.6 Å². The molecular weight excluding hydrogens is 250 g/mol. The summed E-state index contributed by atoms with van der Waals surface area (Å²) in [5, 5.41) is 1.22. The molecule has 4 rings (SSSR count). The summed E-state index contributed by atoms with van der Waals surface area (Å²) in [6.07, 6.45) is 8.23. The number of hydrogen-bond donors (Lipinski definition) is 1. The van der Waals surface area contributed by atoms with Crippen LogP contribution in [0, 0.1) is 11.8 Å². The Labute approximate surface area is 118 Å². The number of carbonyl (C=O) groups is 1. The summed E-state index contributed by atoms with van der Waals surface area (Å²) in [5.41, 5.74) is 2.28. The molecule has 1 amide bonds. The van der Waals surface area contributed by atoms with Crippen molar-refractivity contribution in [2.75, 3.05) is 13.1 Å². The molecule has 4 heteroatoms. The minimum Gasteiger partial charge on any atom is -0.360 e. The van der Waals surface area contributed by atoms with Crippen molar-refractivity contribution in [3.05, 3.63) is 30.2 Å². The predicted molar refractivity (Wildman–Crippen MR) is 77.2 cm³/mol. The van der Waals surface area contributed by atoms with Gasteiger partial charge in [0.15, 0.2) is 0 Å². The Hall–Kier alpha value is -1.84. The van der Waals surface area contributed by atoms with Gasteiger partial charge in [0.05, 0.1) is 11.2 Å². The van der Waals surface area contributed by atoms with Crippen molar-refractivity contribution in [1.82, 2.24) is 14.9 Å². The number of H-pyrrole nitrogens is 1. The Morgan fingerprint density at radius 2 is 2.20 bits per heavy atom. The molecule has 0 radical (unpaired) electrons. The summed E-state index contributed by atoms with van der Waals surface area (Å²) < 4.78 is 0. The minimum absolute atomic E-state index is 0.334. The van der Waals surface area contributed by atoms with Crippen molar-refractivity contribution < 1.29 is 4.79 Å². The van der Waals surface area contributed by atoms with Crippen molar-refractivity contribution in [2.24, 2.45) is 11.8 Å². The number of amides is 1. The maximum absolute atomic E-state index is 12.1. The van der Waals surface area contributed by atoms with Gasteiger partial charge < -0.3 is 9.88 Å². The summed E-state index contributed by atoms with van der Waals surface area (Å²) in [6.45, 7) is 1.82. The zero-order valence-corrected chi connectivity index (χ0v) is 11.5. The summed E-state index contributed by atoms with van der Waals surface area (Å²) >= 11 is 0. The highest BCUT2D eigenvalue weighted by Crippen LogP contribution is 2.32. The van der Waals surface area contributed by atoms with E-state index in [0.29, 0.717) is 17.7 Å². The van der Waals surface area contributed by atoms with Crippen LogP contribution in [0.25, 0.3) is 10.9 Å². The van der Waals surface area contributed by atoms with Crippen molar-refractivity contribution in [2.45, 2.75) is 25.7 Å². The van der Waals surface area contributed by atoms with Crippen molar-refractivity contribution in [3.8, 4) is 0 Å². The molecule has 0 atom stereocenters. The zero-order chi connectivity index (χ0) is 13.5. The first-order chi connectivity index (χ1) is 9.81. The van der Waals surface area contributed by atoms with E-state index in [-0.39, 0.29) is 0 Å². The van der Waals surface area contributed by atoms with Gasteiger partial charge in [-0.25, -0.2) is 0 Å². The fourth-order valence-corrected chi connectivity index (χ4v) is 3.26. The first kappa shape index (κ1) is 11.9.